The fraction of sp³-hybridized carbons (Fsp3) is 0.500. The van der Waals surface area contributed by atoms with Crippen molar-refractivity contribution in [3.63, 3.8) is 0 Å². The predicted molar refractivity (Wildman–Crippen MR) is 87.8 cm³/mol. The van der Waals surface area contributed by atoms with E-state index in [1.165, 1.54) is 9.80 Å². The maximum Gasteiger partial charge on any atom is 0.343 e. The fourth-order valence-electron chi connectivity index (χ4n) is 3.71. The average Bonchev–Trinajstić information content (AvgIpc) is 3.19. The number of hydrogen-bond acceptors (Lipinski definition) is 3. The van der Waals surface area contributed by atoms with Crippen LogP contribution in [0.3, 0.4) is 0 Å². The van der Waals surface area contributed by atoms with Crippen molar-refractivity contribution >= 4 is 17.8 Å². The average molecular weight is 348 g/mol. The molecule has 3 rings (SSSR count). The molecule has 2 saturated heterocycles. The number of carboxylic acids is 1. The number of hydrogen-bond donors (Lipinski definition) is 1. The van der Waals surface area contributed by atoms with Gasteiger partial charge in [0.15, 0.2) is 0 Å². The van der Waals surface area contributed by atoms with E-state index in [4.69, 9.17) is 5.11 Å². The minimum Gasteiger partial charge on any atom is -0.479 e. The highest BCUT2D eigenvalue weighted by Gasteiger charge is 2.53. The molecule has 2 aliphatic heterocycles. The molecule has 2 atom stereocenters. The summed E-state index contributed by atoms with van der Waals surface area (Å²) in [5, 5.41) is 9.01. The van der Waals surface area contributed by atoms with Gasteiger partial charge in [0.25, 0.3) is 5.91 Å². The number of benzene rings is 1. The molecule has 0 radical (unpaired) electrons. The summed E-state index contributed by atoms with van der Waals surface area (Å²) in [6, 6.07) is 8.71. The van der Waals surface area contributed by atoms with E-state index in [-0.39, 0.29) is 24.8 Å². The van der Waals surface area contributed by atoms with Crippen LogP contribution < -0.4 is 0 Å². The van der Waals surface area contributed by atoms with Gasteiger partial charge in [-0.1, -0.05) is 18.2 Å². The van der Waals surface area contributed by atoms with Crippen LogP contribution in [0.5, 0.6) is 0 Å². The summed E-state index contributed by atoms with van der Waals surface area (Å²) in [4.78, 5) is 39.6. The third kappa shape index (κ3) is 2.88. The number of halogens is 1. The molecular weight excluding hydrogens is 327 g/mol. The normalized spacial score (nSPS) is 29.0. The molecule has 6 nitrogen and oxygen atoms in total. The summed E-state index contributed by atoms with van der Waals surface area (Å²) in [5.74, 6) is -2.16. The van der Waals surface area contributed by atoms with Crippen molar-refractivity contribution in [1.82, 2.24) is 9.80 Å². The third-order valence-corrected chi connectivity index (χ3v) is 5.26. The Kier molecular flexibility index (Phi) is 4.26. The number of likely N-dealkylation sites (tertiary alicyclic amines) is 2. The van der Waals surface area contributed by atoms with Gasteiger partial charge >= 0.3 is 5.97 Å². The number of rotatable bonds is 3. The Labute approximate surface area is 145 Å². The fourth-order valence-corrected chi connectivity index (χ4v) is 3.71. The van der Waals surface area contributed by atoms with Crippen LogP contribution in [-0.4, -0.2) is 63.5 Å². The lowest BCUT2D eigenvalue weighted by Gasteiger charge is -2.37. The van der Waals surface area contributed by atoms with Gasteiger partial charge in [0.05, 0.1) is 6.54 Å². The highest BCUT2D eigenvalue weighted by Crippen LogP contribution is 2.35. The molecule has 2 fully saturated rings. The summed E-state index contributed by atoms with van der Waals surface area (Å²) < 4.78 is 14.3. The quantitative estimate of drug-likeness (QED) is 0.902. The molecule has 2 heterocycles. The van der Waals surface area contributed by atoms with Crippen molar-refractivity contribution in [3.8, 4) is 0 Å². The van der Waals surface area contributed by atoms with Gasteiger partial charge in [-0.05, 0) is 31.9 Å². The Morgan fingerprint density at radius 1 is 1.12 bits per heavy atom. The zero-order chi connectivity index (χ0) is 18.2. The molecule has 0 aromatic heterocycles. The molecule has 2 amide bonds. The number of nitrogens with zero attached hydrogens (tertiary/aromatic N) is 2. The topological polar surface area (TPSA) is 77.9 Å². The minimum atomic E-state index is -2.40. The van der Waals surface area contributed by atoms with Gasteiger partial charge in [0, 0.05) is 25.1 Å². The molecule has 0 aliphatic carbocycles. The van der Waals surface area contributed by atoms with Crippen molar-refractivity contribution < 1.29 is 23.9 Å². The largest absolute Gasteiger partial charge is 0.479 e. The second-order valence-corrected chi connectivity index (χ2v) is 6.95. The van der Waals surface area contributed by atoms with Crippen molar-refractivity contribution in [2.24, 2.45) is 0 Å². The maximum atomic E-state index is 14.3. The maximum absolute atomic E-state index is 14.3. The van der Waals surface area contributed by atoms with Crippen LogP contribution in [-0.2, 0) is 9.59 Å². The number of carbonyl (C=O) groups excluding carboxylic acids is 2. The molecule has 2 aliphatic rings. The Balaban J connectivity index is 1.81. The Morgan fingerprint density at radius 2 is 1.80 bits per heavy atom. The Bertz CT molecular complexity index is 710. The van der Waals surface area contributed by atoms with Crippen LogP contribution in [0.4, 0.5) is 4.39 Å². The van der Waals surface area contributed by atoms with Gasteiger partial charge in [0.2, 0.25) is 11.6 Å². The van der Waals surface area contributed by atoms with E-state index in [0.717, 1.165) is 0 Å². The highest BCUT2D eigenvalue weighted by atomic mass is 19.1. The van der Waals surface area contributed by atoms with E-state index >= 15 is 0 Å². The number of carboxylic acid groups (broad SMARTS) is 1. The van der Waals surface area contributed by atoms with Crippen LogP contribution in [0.15, 0.2) is 30.3 Å². The van der Waals surface area contributed by atoms with Crippen LogP contribution in [0.25, 0.3) is 0 Å². The van der Waals surface area contributed by atoms with E-state index in [2.05, 4.69) is 0 Å². The zero-order valence-electron chi connectivity index (χ0n) is 14.1. The van der Waals surface area contributed by atoms with Crippen LogP contribution >= 0.6 is 0 Å². The molecule has 0 spiro atoms. The van der Waals surface area contributed by atoms with Gasteiger partial charge in [-0.3, -0.25) is 9.59 Å². The van der Waals surface area contributed by atoms with Crippen molar-refractivity contribution in [3.05, 3.63) is 35.9 Å². The third-order valence-electron chi connectivity index (χ3n) is 5.26. The first-order valence-electron chi connectivity index (χ1n) is 8.37. The van der Waals surface area contributed by atoms with Crippen LogP contribution in [0.1, 0.15) is 36.5 Å². The number of alkyl halides is 1. The SMILES string of the molecule is CC1(C(=O)N2CCC(F)(C(=O)O)C2)CCCN1C(=O)c1ccccc1. The summed E-state index contributed by atoms with van der Waals surface area (Å²) in [6.07, 6.45) is 0.929. The predicted octanol–water partition coefficient (Wildman–Crippen LogP) is 1.71. The second-order valence-electron chi connectivity index (χ2n) is 6.95. The number of aliphatic carboxylic acids is 1. The second kappa shape index (κ2) is 6.13. The van der Waals surface area contributed by atoms with E-state index in [1.54, 1.807) is 31.2 Å². The van der Waals surface area contributed by atoms with Crippen LogP contribution in [0.2, 0.25) is 0 Å². The minimum absolute atomic E-state index is 0.0462. The number of carbonyl (C=O) groups is 3. The monoisotopic (exact) mass is 348 g/mol. The van der Waals surface area contributed by atoms with Crippen LogP contribution in [0, 0.1) is 0 Å². The molecule has 7 heteroatoms. The lowest BCUT2D eigenvalue weighted by molar-refractivity contribution is -0.151. The first kappa shape index (κ1) is 17.4. The van der Waals surface area contributed by atoms with E-state index < -0.39 is 23.7 Å². The smallest absolute Gasteiger partial charge is 0.343 e. The molecule has 0 saturated carbocycles. The van der Waals surface area contributed by atoms with Gasteiger partial charge in [0.1, 0.15) is 5.54 Å². The highest BCUT2D eigenvalue weighted by molar-refractivity contribution is 5.99. The summed E-state index contributed by atoms with van der Waals surface area (Å²) in [7, 11) is 0. The van der Waals surface area contributed by atoms with Gasteiger partial charge < -0.3 is 14.9 Å². The molecular formula is C18H21FN2O4. The van der Waals surface area contributed by atoms with E-state index in [1.807, 2.05) is 6.07 Å². The molecule has 1 aromatic carbocycles. The van der Waals surface area contributed by atoms with Gasteiger partial charge in [-0.15, -0.1) is 0 Å². The summed E-state index contributed by atoms with van der Waals surface area (Å²) in [5.41, 5.74) is -2.98. The number of amides is 2. The van der Waals surface area contributed by atoms with Crippen molar-refractivity contribution in [2.45, 2.75) is 37.4 Å². The Morgan fingerprint density at radius 3 is 2.40 bits per heavy atom. The van der Waals surface area contributed by atoms with Crippen molar-refractivity contribution in [2.75, 3.05) is 19.6 Å². The lowest BCUT2D eigenvalue weighted by atomic mass is 9.96. The first-order chi connectivity index (χ1) is 11.8. The van der Waals surface area contributed by atoms with Gasteiger partial charge in [-0.2, -0.15) is 0 Å². The Hall–Kier alpha value is -2.44. The summed E-state index contributed by atoms with van der Waals surface area (Å²) >= 11 is 0. The first-order valence-corrected chi connectivity index (χ1v) is 8.37. The summed E-state index contributed by atoms with van der Waals surface area (Å²) in [6.45, 7) is 1.71. The lowest BCUT2D eigenvalue weighted by Crippen LogP contribution is -2.56. The molecule has 134 valence electrons. The van der Waals surface area contributed by atoms with Gasteiger partial charge in [-0.25, -0.2) is 9.18 Å². The molecule has 2 unspecified atom stereocenters. The van der Waals surface area contributed by atoms with Crippen molar-refractivity contribution in [1.29, 1.82) is 0 Å². The van der Waals surface area contributed by atoms with E-state index in [0.29, 0.717) is 24.9 Å². The molecule has 0 bridgehead atoms. The standard InChI is InChI=1S/C18H21FN2O4/c1-17(15(23)20-11-9-18(19,12-20)16(24)25)8-5-10-21(17)14(22)13-6-3-2-4-7-13/h2-4,6-7H,5,8-12H2,1H3,(H,24,25). The van der Waals surface area contributed by atoms with E-state index in [9.17, 15) is 18.8 Å². The molecule has 25 heavy (non-hydrogen) atoms. The molecule has 1 N–H and O–H groups in total. The molecule has 1 aromatic rings. The zero-order valence-corrected chi connectivity index (χ0v) is 14.1.